The van der Waals surface area contributed by atoms with E-state index in [4.69, 9.17) is 14.2 Å². The van der Waals surface area contributed by atoms with Crippen molar-refractivity contribution in [2.75, 3.05) is 7.11 Å². The van der Waals surface area contributed by atoms with Gasteiger partial charge in [0, 0.05) is 6.08 Å². The van der Waals surface area contributed by atoms with Crippen molar-refractivity contribution in [3.8, 4) is 28.4 Å². The summed E-state index contributed by atoms with van der Waals surface area (Å²) < 4.78 is 16.5. The Hall–Kier alpha value is -3.53. The molecule has 0 unspecified atom stereocenters. The van der Waals surface area contributed by atoms with Gasteiger partial charge in [-0.25, -0.2) is 4.79 Å². The molecule has 4 nitrogen and oxygen atoms in total. The van der Waals surface area contributed by atoms with E-state index in [0.717, 1.165) is 16.7 Å². The van der Waals surface area contributed by atoms with Crippen LogP contribution >= 0.6 is 0 Å². The van der Waals surface area contributed by atoms with Gasteiger partial charge in [-0.05, 0) is 67.8 Å². The fraction of sp³-hybridized carbons (Fsp3) is 0.192. The first-order valence-electron chi connectivity index (χ1n) is 9.86. The van der Waals surface area contributed by atoms with Crippen LogP contribution in [-0.2, 0) is 4.79 Å². The maximum atomic E-state index is 12.2. The predicted molar refractivity (Wildman–Crippen MR) is 120 cm³/mol. The number of benzene rings is 3. The average Bonchev–Trinajstić information content (AvgIpc) is 2.74. The zero-order valence-electron chi connectivity index (χ0n) is 17.7. The Bertz CT molecular complexity index is 1020. The molecule has 0 radical (unpaired) electrons. The first-order chi connectivity index (χ1) is 14.4. The SMILES string of the molecule is COc1cc(/C=C/C(=O)Oc2ccc(-c3ccc(C)cc3)cc2)ccc1OC(C)C. The minimum Gasteiger partial charge on any atom is -0.493 e. The van der Waals surface area contributed by atoms with Crippen molar-refractivity contribution >= 4 is 12.0 Å². The third-order valence-electron chi connectivity index (χ3n) is 4.42. The maximum Gasteiger partial charge on any atom is 0.336 e. The first-order valence-corrected chi connectivity index (χ1v) is 9.86. The Balaban J connectivity index is 1.63. The van der Waals surface area contributed by atoms with E-state index in [9.17, 15) is 4.79 Å². The maximum absolute atomic E-state index is 12.2. The van der Waals surface area contributed by atoms with E-state index >= 15 is 0 Å². The number of methoxy groups -OCH3 is 1. The van der Waals surface area contributed by atoms with Crippen LogP contribution in [0.1, 0.15) is 25.0 Å². The highest BCUT2D eigenvalue weighted by Gasteiger charge is 2.07. The molecule has 0 N–H and O–H groups in total. The zero-order chi connectivity index (χ0) is 21.5. The Morgan fingerprint density at radius 1 is 0.867 bits per heavy atom. The average molecular weight is 402 g/mol. The lowest BCUT2D eigenvalue weighted by molar-refractivity contribution is -0.128. The number of hydrogen-bond donors (Lipinski definition) is 0. The van der Waals surface area contributed by atoms with Gasteiger partial charge in [0.1, 0.15) is 5.75 Å². The second kappa shape index (κ2) is 9.79. The molecule has 4 heteroatoms. The van der Waals surface area contributed by atoms with Crippen LogP contribution in [0.25, 0.3) is 17.2 Å². The summed E-state index contributed by atoms with van der Waals surface area (Å²) >= 11 is 0. The van der Waals surface area contributed by atoms with Gasteiger partial charge in [0.15, 0.2) is 11.5 Å². The molecule has 0 saturated heterocycles. The van der Waals surface area contributed by atoms with Gasteiger partial charge < -0.3 is 14.2 Å². The second-order valence-corrected chi connectivity index (χ2v) is 7.22. The summed E-state index contributed by atoms with van der Waals surface area (Å²) in [4.78, 5) is 12.2. The monoisotopic (exact) mass is 402 g/mol. The van der Waals surface area contributed by atoms with Crippen molar-refractivity contribution in [1.29, 1.82) is 0 Å². The summed E-state index contributed by atoms with van der Waals surface area (Å²) in [6, 6.07) is 21.3. The predicted octanol–water partition coefficient (Wildman–Crippen LogP) is 6.08. The van der Waals surface area contributed by atoms with Gasteiger partial charge in [0.05, 0.1) is 13.2 Å². The molecule has 3 aromatic rings. The summed E-state index contributed by atoms with van der Waals surface area (Å²) in [6.45, 7) is 5.97. The summed E-state index contributed by atoms with van der Waals surface area (Å²) in [5, 5.41) is 0. The Kier molecular flexibility index (Phi) is 6.91. The minimum absolute atomic E-state index is 0.0488. The van der Waals surface area contributed by atoms with E-state index in [0.29, 0.717) is 17.2 Å². The van der Waals surface area contributed by atoms with E-state index in [-0.39, 0.29) is 6.10 Å². The number of rotatable bonds is 7. The Morgan fingerprint density at radius 2 is 1.50 bits per heavy atom. The number of carbonyl (C=O) groups is 1. The largest absolute Gasteiger partial charge is 0.493 e. The summed E-state index contributed by atoms with van der Waals surface area (Å²) in [7, 11) is 1.59. The third-order valence-corrected chi connectivity index (χ3v) is 4.42. The second-order valence-electron chi connectivity index (χ2n) is 7.22. The summed E-state index contributed by atoms with van der Waals surface area (Å²) in [6.07, 6.45) is 3.13. The molecule has 0 aliphatic rings. The van der Waals surface area contributed by atoms with Crippen LogP contribution in [0.2, 0.25) is 0 Å². The van der Waals surface area contributed by atoms with E-state index in [1.54, 1.807) is 25.3 Å². The standard InChI is InChI=1S/C26H26O4/c1-18(2)29-24-15-7-20(17-25(24)28-4)8-16-26(27)30-23-13-11-22(12-14-23)21-9-5-19(3)6-10-21/h5-18H,1-4H3/b16-8+. The smallest absolute Gasteiger partial charge is 0.336 e. The fourth-order valence-corrected chi connectivity index (χ4v) is 2.92. The minimum atomic E-state index is -0.445. The fourth-order valence-electron chi connectivity index (χ4n) is 2.92. The lowest BCUT2D eigenvalue weighted by atomic mass is 10.0. The third kappa shape index (κ3) is 5.74. The van der Waals surface area contributed by atoms with Crippen molar-refractivity contribution < 1.29 is 19.0 Å². The molecule has 0 atom stereocenters. The molecule has 30 heavy (non-hydrogen) atoms. The Morgan fingerprint density at radius 3 is 2.10 bits per heavy atom. The highest BCUT2D eigenvalue weighted by Crippen LogP contribution is 2.29. The molecule has 0 saturated carbocycles. The van der Waals surface area contributed by atoms with E-state index in [2.05, 4.69) is 31.2 Å². The number of aryl methyl sites for hydroxylation is 1. The number of ether oxygens (including phenoxy) is 3. The van der Waals surface area contributed by atoms with Gasteiger partial charge in [-0.2, -0.15) is 0 Å². The quantitative estimate of drug-likeness (QED) is 0.273. The summed E-state index contributed by atoms with van der Waals surface area (Å²) in [5.74, 6) is 1.34. The highest BCUT2D eigenvalue weighted by molar-refractivity contribution is 5.89. The van der Waals surface area contributed by atoms with Crippen molar-refractivity contribution in [1.82, 2.24) is 0 Å². The zero-order valence-corrected chi connectivity index (χ0v) is 17.7. The van der Waals surface area contributed by atoms with Crippen LogP contribution in [-0.4, -0.2) is 19.2 Å². The molecule has 0 spiro atoms. The number of carbonyl (C=O) groups excluding carboxylic acids is 1. The summed E-state index contributed by atoms with van der Waals surface area (Å²) in [5.41, 5.74) is 4.23. The molecular formula is C26H26O4. The van der Waals surface area contributed by atoms with Crippen LogP contribution < -0.4 is 14.2 Å². The topological polar surface area (TPSA) is 44.8 Å². The molecule has 0 bridgehead atoms. The lowest BCUT2D eigenvalue weighted by Crippen LogP contribution is -2.06. The molecule has 3 aromatic carbocycles. The van der Waals surface area contributed by atoms with Gasteiger partial charge in [-0.3, -0.25) is 0 Å². The van der Waals surface area contributed by atoms with Crippen molar-refractivity contribution in [2.24, 2.45) is 0 Å². The molecule has 0 aliphatic carbocycles. The van der Waals surface area contributed by atoms with Gasteiger partial charge >= 0.3 is 5.97 Å². The van der Waals surface area contributed by atoms with Crippen LogP contribution in [0, 0.1) is 6.92 Å². The Labute approximate surface area is 177 Å². The van der Waals surface area contributed by atoms with Crippen molar-refractivity contribution in [3.05, 3.63) is 83.9 Å². The van der Waals surface area contributed by atoms with Gasteiger partial charge in [0.25, 0.3) is 0 Å². The molecule has 0 amide bonds. The van der Waals surface area contributed by atoms with Crippen molar-refractivity contribution in [3.63, 3.8) is 0 Å². The number of esters is 1. The van der Waals surface area contributed by atoms with Gasteiger partial charge in [-0.15, -0.1) is 0 Å². The number of hydrogen-bond acceptors (Lipinski definition) is 4. The van der Waals surface area contributed by atoms with Crippen LogP contribution in [0.5, 0.6) is 17.2 Å². The highest BCUT2D eigenvalue weighted by atomic mass is 16.5. The van der Waals surface area contributed by atoms with E-state index < -0.39 is 5.97 Å². The molecule has 3 rings (SSSR count). The molecule has 0 aliphatic heterocycles. The van der Waals surface area contributed by atoms with Crippen LogP contribution in [0.15, 0.2) is 72.8 Å². The molecule has 0 fully saturated rings. The van der Waals surface area contributed by atoms with Crippen molar-refractivity contribution in [2.45, 2.75) is 26.9 Å². The molecular weight excluding hydrogens is 376 g/mol. The van der Waals surface area contributed by atoms with Gasteiger partial charge in [0.2, 0.25) is 0 Å². The van der Waals surface area contributed by atoms with Crippen LogP contribution in [0.3, 0.4) is 0 Å². The first kappa shape index (κ1) is 21.2. The van der Waals surface area contributed by atoms with E-state index in [1.807, 2.05) is 44.2 Å². The van der Waals surface area contributed by atoms with E-state index in [1.165, 1.54) is 11.6 Å². The molecule has 0 heterocycles. The molecule has 0 aromatic heterocycles. The molecule has 154 valence electrons. The lowest BCUT2D eigenvalue weighted by Gasteiger charge is -2.13. The van der Waals surface area contributed by atoms with Crippen LogP contribution in [0.4, 0.5) is 0 Å². The van der Waals surface area contributed by atoms with Gasteiger partial charge in [-0.1, -0.05) is 48.0 Å². The normalized spacial score (nSPS) is 11.0.